The lowest BCUT2D eigenvalue weighted by molar-refractivity contribution is -0.133. The first-order valence-electron chi connectivity index (χ1n) is 9.01. The van der Waals surface area contributed by atoms with E-state index in [9.17, 15) is 9.90 Å². The Morgan fingerprint density at radius 1 is 1.20 bits per heavy atom. The maximum absolute atomic E-state index is 12.4. The summed E-state index contributed by atoms with van der Waals surface area (Å²) in [7, 11) is 1.25. The van der Waals surface area contributed by atoms with E-state index < -0.39 is 5.97 Å². The molecule has 30 heavy (non-hydrogen) atoms. The number of tetrazole rings is 1. The quantitative estimate of drug-likeness (QED) is 0.211. The molecule has 0 amide bonds. The highest BCUT2D eigenvalue weighted by Gasteiger charge is 2.23. The number of methoxy groups -OCH3 is 1. The van der Waals surface area contributed by atoms with Crippen LogP contribution in [0.5, 0.6) is 0 Å². The summed E-state index contributed by atoms with van der Waals surface area (Å²) in [5.74, 6) is -0.594. The molecule has 2 N–H and O–H groups in total. The molecule has 0 radical (unpaired) electrons. The van der Waals surface area contributed by atoms with E-state index in [1.165, 1.54) is 18.9 Å². The number of carbonyl (C=O) groups excluding carboxylic acids is 1. The van der Waals surface area contributed by atoms with Crippen LogP contribution in [0.3, 0.4) is 0 Å². The van der Waals surface area contributed by atoms with Gasteiger partial charge in [0.25, 0.3) is 0 Å². The van der Waals surface area contributed by atoms with Crippen molar-refractivity contribution >= 4 is 34.3 Å². The molecule has 2 aromatic heterocycles. The lowest BCUT2D eigenvalue weighted by Crippen LogP contribution is -2.10. The summed E-state index contributed by atoms with van der Waals surface area (Å²) >= 11 is 1.19. The zero-order valence-electron chi connectivity index (χ0n) is 16.2. The highest BCUT2D eigenvalue weighted by molar-refractivity contribution is 7.99. The van der Waals surface area contributed by atoms with Crippen molar-refractivity contribution in [2.75, 3.05) is 12.9 Å². The molecule has 0 saturated carbocycles. The third kappa shape index (κ3) is 3.77. The molecular weight excluding hydrogens is 404 g/mol. The Hall–Kier alpha value is -3.66. The van der Waals surface area contributed by atoms with Gasteiger partial charge in [-0.3, -0.25) is 0 Å². The maximum atomic E-state index is 12.4. The van der Waals surface area contributed by atoms with Crippen LogP contribution in [0.25, 0.3) is 22.3 Å². The number of fused-ring (bicyclic) bond motifs is 1. The average molecular weight is 422 g/mol. The van der Waals surface area contributed by atoms with Gasteiger partial charge in [-0.15, -0.1) is 5.10 Å². The Morgan fingerprint density at radius 2 is 1.97 bits per heavy atom. The van der Waals surface area contributed by atoms with Gasteiger partial charge in [-0.25, -0.2) is 9.78 Å². The van der Waals surface area contributed by atoms with Crippen molar-refractivity contribution in [2.45, 2.75) is 12.1 Å². The Kier molecular flexibility index (Phi) is 5.48. The molecule has 9 nitrogen and oxygen atoms in total. The monoisotopic (exact) mass is 422 g/mol. The third-order valence-corrected chi connectivity index (χ3v) is 5.36. The van der Waals surface area contributed by atoms with Crippen LogP contribution in [0.15, 0.2) is 59.4 Å². The number of aliphatic hydroxyl groups excluding tert-OH is 1. The van der Waals surface area contributed by atoms with Gasteiger partial charge in [-0.05, 0) is 41.1 Å². The van der Waals surface area contributed by atoms with Crippen molar-refractivity contribution in [3.05, 3.63) is 65.7 Å². The van der Waals surface area contributed by atoms with Gasteiger partial charge in [0.2, 0.25) is 5.16 Å². The number of imidazole rings is 1. The molecular formula is C20H18N6O3S. The van der Waals surface area contributed by atoms with Gasteiger partial charge in [-0.2, -0.15) is 4.68 Å². The number of hydrogen-bond donors (Lipinski definition) is 2. The van der Waals surface area contributed by atoms with Crippen LogP contribution in [0.1, 0.15) is 11.4 Å². The van der Waals surface area contributed by atoms with Crippen molar-refractivity contribution in [3.63, 3.8) is 0 Å². The van der Waals surface area contributed by atoms with E-state index in [1.54, 1.807) is 4.68 Å². The minimum Gasteiger partial charge on any atom is -0.510 e. The van der Waals surface area contributed by atoms with Crippen molar-refractivity contribution in [2.24, 2.45) is 0 Å². The molecule has 10 heteroatoms. The van der Waals surface area contributed by atoms with E-state index in [2.05, 4.69) is 25.5 Å². The van der Waals surface area contributed by atoms with E-state index in [1.807, 2.05) is 55.5 Å². The molecule has 0 atom stereocenters. The standard InChI is InChI=1S/C20H18N6O3S/c1-12-7-3-6-10-15(12)26-20(23-24-25-26)30-11-16(27)17(19(28)29-2)18-21-13-8-4-5-9-14(13)22-18/h3-10,27H,11H2,1-2H3,(H,21,22)/b17-16+. The van der Waals surface area contributed by atoms with E-state index in [4.69, 9.17) is 4.74 Å². The number of aromatic amines is 1. The summed E-state index contributed by atoms with van der Waals surface area (Å²) in [5, 5.41) is 23.0. The van der Waals surface area contributed by atoms with Gasteiger partial charge in [0.05, 0.1) is 29.6 Å². The number of aromatic nitrogens is 6. The van der Waals surface area contributed by atoms with E-state index in [-0.39, 0.29) is 22.9 Å². The molecule has 0 fully saturated rings. The second kappa shape index (κ2) is 8.37. The number of aryl methyl sites for hydroxylation is 1. The van der Waals surface area contributed by atoms with Gasteiger partial charge >= 0.3 is 5.97 Å². The van der Waals surface area contributed by atoms with E-state index in [0.29, 0.717) is 10.7 Å². The molecule has 0 aliphatic rings. The second-order valence-corrected chi connectivity index (χ2v) is 7.31. The summed E-state index contributed by atoms with van der Waals surface area (Å²) in [4.78, 5) is 19.8. The smallest absolute Gasteiger partial charge is 0.345 e. The minimum atomic E-state index is -0.689. The number of thioether (sulfide) groups is 1. The molecule has 2 aromatic carbocycles. The Labute approximate surface area is 175 Å². The largest absolute Gasteiger partial charge is 0.510 e. The van der Waals surface area contributed by atoms with Gasteiger partial charge < -0.3 is 14.8 Å². The van der Waals surface area contributed by atoms with Crippen LogP contribution in [-0.2, 0) is 9.53 Å². The lowest BCUT2D eigenvalue weighted by atomic mass is 10.2. The minimum absolute atomic E-state index is 0.0314. The Morgan fingerprint density at radius 3 is 2.73 bits per heavy atom. The molecule has 0 bridgehead atoms. The number of aliphatic hydroxyl groups is 1. The van der Waals surface area contributed by atoms with Crippen LogP contribution in [0, 0.1) is 6.92 Å². The zero-order valence-corrected chi connectivity index (χ0v) is 17.1. The van der Waals surface area contributed by atoms with Crippen molar-refractivity contribution in [1.82, 2.24) is 30.2 Å². The van der Waals surface area contributed by atoms with Crippen molar-refractivity contribution in [1.29, 1.82) is 0 Å². The third-order valence-electron chi connectivity index (χ3n) is 4.43. The number of nitrogens with zero attached hydrogens (tertiary/aromatic N) is 5. The Bertz CT molecular complexity index is 1210. The summed E-state index contributed by atoms with van der Waals surface area (Å²) in [5.41, 5.74) is 3.23. The topological polar surface area (TPSA) is 119 Å². The molecule has 4 rings (SSSR count). The predicted molar refractivity (Wildman–Crippen MR) is 112 cm³/mol. The van der Waals surface area contributed by atoms with Gasteiger partial charge in [0.1, 0.15) is 17.2 Å². The zero-order chi connectivity index (χ0) is 21.1. The number of rotatable bonds is 6. The molecule has 0 saturated heterocycles. The van der Waals surface area contributed by atoms with Crippen molar-refractivity contribution in [3.8, 4) is 5.69 Å². The number of ether oxygens (including phenoxy) is 1. The molecule has 2 heterocycles. The highest BCUT2D eigenvalue weighted by atomic mass is 32.2. The molecule has 0 unspecified atom stereocenters. The average Bonchev–Trinajstić information content (AvgIpc) is 3.39. The summed E-state index contributed by atoms with van der Waals surface area (Å²) in [6.45, 7) is 1.96. The molecule has 152 valence electrons. The first kappa shape index (κ1) is 19.6. The fourth-order valence-electron chi connectivity index (χ4n) is 2.95. The fourth-order valence-corrected chi connectivity index (χ4v) is 3.71. The van der Waals surface area contributed by atoms with Gasteiger partial charge in [0.15, 0.2) is 0 Å². The van der Waals surface area contributed by atoms with E-state index >= 15 is 0 Å². The number of carbonyl (C=O) groups is 1. The Balaban J connectivity index is 1.65. The number of esters is 1. The van der Waals surface area contributed by atoms with E-state index in [0.717, 1.165) is 16.8 Å². The van der Waals surface area contributed by atoms with Crippen LogP contribution in [0.2, 0.25) is 0 Å². The summed E-state index contributed by atoms with van der Waals surface area (Å²) in [6.07, 6.45) is 0. The highest BCUT2D eigenvalue weighted by Crippen LogP contribution is 2.26. The fraction of sp³-hybridized carbons (Fsp3) is 0.150. The number of nitrogens with one attached hydrogen (secondary N) is 1. The molecule has 4 aromatic rings. The van der Waals surface area contributed by atoms with Gasteiger partial charge in [0, 0.05) is 0 Å². The molecule has 0 aliphatic heterocycles. The van der Waals surface area contributed by atoms with Gasteiger partial charge in [-0.1, -0.05) is 42.1 Å². The number of para-hydroxylation sites is 3. The second-order valence-electron chi connectivity index (χ2n) is 6.36. The first-order valence-corrected chi connectivity index (χ1v) is 9.99. The summed E-state index contributed by atoms with van der Waals surface area (Å²) < 4.78 is 6.45. The molecule has 0 spiro atoms. The first-order chi connectivity index (χ1) is 14.6. The number of benzene rings is 2. The number of hydrogen-bond acceptors (Lipinski definition) is 8. The maximum Gasteiger partial charge on any atom is 0.345 e. The molecule has 0 aliphatic carbocycles. The summed E-state index contributed by atoms with van der Waals surface area (Å²) in [6, 6.07) is 15.0. The normalized spacial score (nSPS) is 12.1. The van der Waals surface area contributed by atoms with Crippen LogP contribution in [0.4, 0.5) is 0 Å². The number of H-pyrrole nitrogens is 1. The van der Waals surface area contributed by atoms with Crippen LogP contribution < -0.4 is 0 Å². The van der Waals surface area contributed by atoms with Crippen LogP contribution >= 0.6 is 11.8 Å². The van der Waals surface area contributed by atoms with Crippen LogP contribution in [-0.4, -0.2) is 54.1 Å². The SMILES string of the molecule is COC(=O)/C(=C(/O)CSc1nnnn1-c1ccccc1C)c1nc2ccccc2[nH]1. The van der Waals surface area contributed by atoms with Crippen molar-refractivity contribution < 1.29 is 14.6 Å². The predicted octanol–water partition coefficient (Wildman–Crippen LogP) is 3.08. The lowest BCUT2D eigenvalue weighted by Gasteiger charge is -2.08.